The topological polar surface area (TPSA) is 141 Å². The highest BCUT2D eigenvalue weighted by atomic mass is 16.5. The molecule has 0 fully saturated rings. The molecular weight excluding hydrogens is 576 g/mol. The fourth-order valence-corrected chi connectivity index (χ4v) is 5.33. The van der Waals surface area contributed by atoms with Crippen LogP contribution in [0.3, 0.4) is 0 Å². The lowest BCUT2D eigenvalue weighted by Gasteiger charge is -2.36. The molecule has 11 nitrogen and oxygen atoms in total. The minimum Gasteiger partial charge on any atom is -0.490 e. The number of aliphatic hydroxyl groups is 1. The number of carboxylic acids is 1. The van der Waals surface area contributed by atoms with E-state index < -0.39 is 12.0 Å². The summed E-state index contributed by atoms with van der Waals surface area (Å²) in [5.41, 5.74) is 2.00. The van der Waals surface area contributed by atoms with E-state index in [0.717, 1.165) is 24.8 Å². The van der Waals surface area contributed by atoms with Gasteiger partial charge in [-0.05, 0) is 89.9 Å². The fraction of sp³-hybridized carbons (Fsp3) is 0.559. The molecule has 1 aliphatic heterocycles. The lowest BCUT2D eigenvalue weighted by Crippen LogP contribution is -2.47. The van der Waals surface area contributed by atoms with Crippen molar-refractivity contribution in [1.82, 2.24) is 15.1 Å². The molecule has 248 valence electrons. The molecule has 2 aromatic carbocycles. The Bertz CT molecular complexity index is 1270. The Morgan fingerprint density at radius 1 is 1.09 bits per heavy atom. The van der Waals surface area contributed by atoms with E-state index in [-0.39, 0.29) is 48.3 Å². The lowest BCUT2D eigenvalue weighted by molar-refractivity contribution is -0.0177. The van der Waals surface area contributed by atoms with Gasteiger partial charge in [-0.15, -0.1) is 0 Å². The minimum atomic E-state index is -0.958. The largest absolute Gasteiger partial charge is 0.490 e. The third-order valence-electron chi connectivity index (χ3n) is 7.87. The van der Waals surface area contributed by atoms with Gasteiger partial charge in [-0.1, -0.05) is 19.1 Å². The summed E-state index contributed by atoms with van der Waals surface area (Å²) in [5, 5.41) is 25.0. The van der Waals surface area contributed by atoms with Crippen molar-refractivity contribution in [2.45, 2.75) is 84.7 Å². The van der Waals surface area contributed by atoms with Crippen molar-refractivity contribution in [2.24, 2.45) is 5.92 Å². The van der Waals surface area contributed by atoms with Crippen molar-refractivity contribution in [3.63, 3.8) is 0 Å². The normalized spacial score (nSPS) is 20.6. The van der Waals surface area contributed by atoms with E-state index in [1.54, 1.807) is 42.2 Å². The number of carbonyl (C=O) groups is 3. The molecule has 4 atom stereocenters. The van der Waals surface area contributed by atoms with E-state index >= 15 is 0 Å². The van der Waals surface area contributed by atoms with Crippen molar-refractivity contribution in [3.05, 3.63) is 59.2 Å². The number of hydrogen-bond acceptors (Lipinski definition) is 7. The maximum Gasteiger partial charge on any atom is 0.335 e. The standard InChI is InChI=1S/C34H50N4O7/c1-22(2)35-34(43)36-28-14-15-30-29(17-28)32(40)38(24(4)21-39)18-23(3)31(44-16-8-7-9-25(5)45-30)20-37(6)19-26-10-12-27(13-11-26)33(41)42/h10-15,17,22-25,31,39H,7-9,16,18-21H2,1-6H3,(H,41,42)(H2,35,36,43)/t23-,24+,25-,31+/m1/s1. The van der Waals surface area contributed by atoms with Gasteiger partial charge in [-0.2, -0.15) is 0 Å². The zero-order valence-electron chi connectivity index (χ0n) is 27.4. The zero-order valence-corrected chi connectivity index (χ0v) is 27.4. The van der Waals surface area contributed by atoms with Crippen LogP contribution in [0.4, 0.5) is 10.5 Å². The molecule has 3 rings (SSSR count). The monoisotopic (exact) mass is 626 g/mol. The highest BCUT2D eigenvalue weighted by Gasteiger charge is 2.30. The molecule has 0 spiro atoms. The SMILES string of the molecule is CC(C)NC(=O)Nc1ccc2c(c1)C(=O)N([C@@H](C)CO)C[C@@H](C)[C@H](CN(C)Cc1ccc(C(=O)O)cc1)OCCCC[C@@H](C)O2. The molecule has 0 radical (unpaired) electrons. The Morgan fingerprint density at radius 3 is 2.44 bits per heavy atom. The van der Waals surface area contributed by atoms with Gasteiger partial charge in [-0.25, -0.2) is 9.59 Å². The third kappa shape index (κ3) is 11.0. The smallest absolute Gasteiger partial charge is 0.335 e. The number of nitrogens with one attached hydrogen (secondary N) is 2. The molecule has 11 heteroatoms. The summed E-state index contributed by atoms with van der Waals surface area (Å²) in [6.07, 6.45) is 2.16. The summed E-state index contributed by atoms with van der Waals surface area (Å²) < 4.78 is 12.7. The molecule has 1 aliphatic rings. The summed E-state index contributed by atoms with van der Waals surface area (Å²) in [7, 11) is 1.99. The number of amides is 3. The molecule has 0 aromatic heterocycles. The molecule has 0 aliphatic carbocycles. The van der Waals surface area contributed by atoms with Crippen molar-refractivity contribution >= 4 is 23.6 Å². The maximum atomic E-state index is 14.2. The number of aromatic carboxylic acids is 1. The first kappa shape index (κ1) is 35.8. The Hall–Kier alpha value is -3.67. The molecular formula is C34H50N4O7. The molecule has 2 aromatic rings. The van der Waals surface area contributed by atoms with E-state index in [1.165, 1.54) is 0 Å². The average molecular weight is 627 g/mol. The van der Waals surface area contributed by atoms with Crippen LogP contribution in [0.15, 0.2) is 42.5 Å². The molecule has 0 saturated heterocycles. The van der Waals surface area contributed by atoms with Crippen molar-refractivity contribution in [3.8, 4) is 5.75 Å². The van der Waals surface area contributed by atoms with Gasteiger partial charge in [0.25, 0.3) is 5.91 Å². The minimum absolute atomic E-state index is 0.0535. The van der Waals surface area contributed by atoms with Crippen LogP contribution in [-0.4, -0.2) is 95.6 Å². The van der Waals surface area contributed by atoms with Crippen molar-refractivity contribution in [1.29, 1.82) is 0 Å². The molecule has 1 heterocycles. The van der Waals surface area contributed by atoms with Gasteiger partial charge in [0.2, 0.25) is 0 Å². The third-order valence-corrected chi connectivity index (χ3v) is 7.87. The highest BCUT2D eigenvalue weighted by Crippen LogP contribution is 2.28. The number of hydrogen-bond donors (Lipinski definition) is 4. The summed E-state index contributed by atoms with van der Waals surface area (Å²) in [5.74, 6) is -0.922. The second-order valence-corrected chi connectivity index (χ2v) is 12.5. The fourth-order valence-electron chi connectivity index (χ4n) is 5.33. The number of aliphatic hydroxyl groups excluding tert-OH is 1. The predicted octanol–water partition coefficient (Wildman–Crippen LogP) is 4.84. The number of anilines is 1. The number of fused-ring (bicyclic) bond motifs is 1. The van der Waals surface area contributed by atoms with Gasteiger partial charge >= 0.3 is 12.0 Å². The molecule has 0 bridgehead atoms. The number of rotatable bonds is 9. The Balaban J connectivity index is 1.88. The second-order valence-electron chi connectivity index (χ2n) is 12.5. The van der Waals surface area contributed by atoms with Crippen LogP contribution in [0.1, 0.15) is 80.2 Å². The summed E-state index contributed by atoms with van der Waals surface area (Å²) >= 11 is 0. The van der Waals surface area contributed by atoms with Crippen LogP contribution in [0.25, 0.3) is 0 Å². The zero-order chi connectivity index (χ0) is 33.1. The number of carboxylic acid groups (broad SMARTS) is 1. The van der Waals surface area contributed by atoms with Crippen molar-refractivity contribution in [2.75, 3.05) is 38.7 Å². The molecule has 0 unspecified atom stereocenters. The molecule has 45 heavy (non-hydrogen) atoms. The Labute approximate surface area is 266 Å². The van der Waals surface area contributed by atoms with Gasteiger partial charge in [0.05, 0.1) is 36.0 Å². The van der Waals surface area contributed by atoms with Crippen LogP contribution in [0.5, 0.6) is 5.75 Å². The molecule has 0 saturated carbocycles. The highest BCUT2D eigenvalue weighted by molar-refractivity contribution is 5.99. The Morgan fingerprint density at radius 2 is 1.80 bits per heavy atom. The summed E-state index contributed by atoms with van der Waals surface area (Å²) in [6.45, 7) is 11.4. The van der Waals surface area contributed by atoms with Crippen molar-refractivity contribution < 1.29 is 34.1 Å². The number of urea groups is 1. The first-order valence-corrected chi connectivity index (χ1v) is 15.8. The van der Waals surface area contributed by atoms with Gasteiger partial charge < -0.3 is 35.2 Å². The van der Waals surface area contributed by atoms with E-state index in [0.29, 0.717) is 43.2 Å². The first-order valence-electron chi connectivity index (χ1n) is 15.8. The maximum absolute atomic E-state index is 14.2. The molecule has 4 N–H and O–H groups in total. The van der Waals surface area contributed by atoms with Crippen LogP contribution in [0.2, 0.25) is 0 Å². The van der Waals surface area contributed by atoms with Gasteiger partial charge in [0.15, 0.2) is 0 Å². The van der Waals surface area contributed by atoms with E-state index in [4.69, 9.17) is 9.47 Å². The van der Waals surface area contributed by atoms with E-state index in [1.807, 2.05) is 46.9 Å². The van der Waals surface area contributed by atoms with Gasteiger partial charge in [0.1, 0.15) is 5.75 Å². The first-order chi connectivity index (χ1) is 21.4. The summed E-state index contributed by atoms with van der Waals surface area (Å²) in [4.78, 5) is 41.7. The van der Waals surface area contributed by atoms with E-state index in [9.17, 15) is 24.6 Å². The van der Waals surface area contributed by atoms with Crippen LogP contribution in [0, 0.1) is 5.92 Å². The number of ether oxygens (including phenoxy) is 2. The van der Waals surface area contributed by atoms with Gasteiger partial charge in [0, 0.05) is 43.9 Å². The van der Waals surface area contributed by atoms with Crippen LogP contribution in [-0.2, 0) is 11.3 Å². The quantitative estimate of drug-likeness (QED) is 0.310. The number of benzene rings is 2. The number of carbonyl (C=O) groups excluding carboxylic acids is 2. The van der Waals surface area contributed by atoms with Gasteiger partial charge in [-0.3, -0.25) is 9.69 Å². The predicted molar refractivity (Wildman–Crippen MR) is 174 cm³/mol. The van der Waals surface area contributed by atoms with E-state index in [2.05, 4.69) is 15.5 Å². The number of nitrogens with zero attached hydrogens (tertiary/aromatic N) is 2. The lowest BCUT2D eigenvalue weighted by atomic mass is 10.0. The van der Waals surface area contributed by atoms with Crippen LogP contribution < -0.4 is 15.4 Å². The molecule has 3 amide bonds. The average Bonchev–Trinajstić information content (AvgIpc) is 2.98. The second kappa shape index (κ2) is 17.1. The number of likely N-dealkylation sites (N-methyl/N-ethyl adjacent to an activating group) is 1. The summed E-state index contributed by atoms with van der Waals surface area (Å²) in [6, 6.07) is 11.0. The Kier molecular flexibility index (Phi) is 13.6. The van der Waals surface area contributed by atoms with Crippen LogP contribution >= 0.6 is 0 Å².